The fourth-order valence-electron chi connectivity index (χ4n) is 1.80. The van der Waals surface area contributed by atoms with Crippen LogP contribution < -0.4 is 5.73 Å². The fraction of sp³-hybridized carbons (Fsp3) is 0.300. The lowest BCUT2D eigenvalue weighted by Crippen LogP contribution is -2.20. The molecule has 0 aliphatic carbocycles. The minimum atomic E-state index is -0.294. The van der Waals surface area contributed by atoms with Gasteiger partial charge in [-0.2, -0.15) is 0 Å². The first-order valence-corrected chi connectivity index (χ1v) is 4.76. The highest BCUT2D eigenvalue weighted by Crippen LogP contribution is 2.43. The maximum atomic E-state index is 11.0. The van der Waals surface area contributed by atoms with Crippen LogP contribution >= 0.6 is 11.6 Å². The molecule has 2 rings (SSSR count). The molecule has 2 N–H and O–H groups in total. The van der Waals surface area contributed by atoms with Crippen LogP contribution in [0.25, 0.3) is 0 Å². The molecule has 0 radical (unpaired) electrons. The Morgan fingerprint density at radius 2 is 2.14 bits per heavy atom. The SMILES string of the molecule is CN1[C@@H](C(N)=O)[C@@H]1c1ccccc1Cl. The van der Waals surface area contributed by atoms with Gasteiger partial charge in [-0.05, 0) is 18.7 Å². The van der Waals surface area contributed by atoms with E-state index in [9.17, 15) is 4.79 Å². The molecule has 1 amide bonds. The van der Waals surface area contributed by atoms with Crippen molar-refractivity contribution in [1.29, 1.82) is 0 Å². The molecule has 1 aliphatic rings. The number of hydrogen-bond donors (Lipinski definition) is 1. The number of nitrogens with two attached hydrogens (primary N) is 1. The van der Waals surface area contributed by atoms with Crippen LogP contribution in [-0.2, 0) is 4.79 Å². The van der Waals surface area contributed by atoms with Crippen molar-refractivity contribution in [2.24, 2.45) is 5.73 Å². The topological polar surface area (TPSA) is 46.1 Å². The smallest absolute Gasteiger partial charge is 0.236 e. The Morgan fingerprint density at radius 1 is 1.50 bits per heavy atom. The zero-order valence-corrected chi connectivity index (χ0v) is 8.53. The number of hydrogen-bond acceptors (Lipinski definition) is 2. The molecular weight excluding hydrogens is 200 g/mol. The molecule has 0 bridgehead atoms. The van der Waals surface area contributed by atoms with E-state index in [-0.39, 0.29) is 18.0 Å². The van der Waals surface area contributed by atoms with Crippen LogP contribution in [-0.4, -0.2) is 23.9 Å². The number of benzene rings is 1. The first-order chi connectivity index (χ1) is 6.63. The van der Waals surface area contributed by atoms with Crippen LogP contribution in [0.1, 0.15) is 11.6 Å². The lowest BCUT2D eigenvalue weighted by atomic mass is 10.1. The monoisotopic (exact) mass is 210 g/mol. The Labute approximate surface area is 87.4 Å². The molecular formula is C10H11ClN2O. The fourth-order valence-corrected chi connectivity index (χ4v) is 2.05. The summed E-state index contributed by atoms with van der Waals surface area (Å²) < 4.78 is 0. The number of carbonyl (C=O) groups excluding carboxylic acids is 1. The van der Waals surface area contributed by atoms with Crippen molar-refractivity contribution < 1.29 is 4.79 Å². The van der Waals surface area contributed by atoms with Gasteiger partial charge in [0.05, 0.1) is 6.04 Å². The van der Waals surface area contributed by atoms with Gasteiger partial charge in [0.25, 0.3) is 0 Å². The Balaban J connectivity index is 2.27. The van der Waals surface area contributed by atoms with E-state index >= 15 is 0 Å². The maximum Gasteiger partial charge on any atom is 0.236 e. The minimum absolute atomic E-state index is 0.0567. The van der Waals surface area contributed by atoms with Gasteiger partial charge in [-0.15, -0.1) is 0 Å². The third kappa shape index (κ3) is 1.38. The van der Waals surface area contributed by atoms with Crippen LogP contribution in [0.5, 0.6) is 0 Å². The molecule has 1 saturated heterocycles. The molecule has 3 atom stereocenters. The van der Waals surface area contributed by atoms with Gasteiger partial charge in [0.2, 0.25) is 5.91 Å². The molecule has 0 saturated carbocycles. The Bertz CT molecular complexity index is 380. The predicted molar refractivity (Wildman–Crippen MR) is 54.9 cm³/mol. The van der Waals surface area contributed by atoms with E-state index in [0.717, 1.165) is 5.56 Å². The average molecular weight is 211 g/mol. The molecule has 14 heavy (non-hydrogen) atoms. The van der Waals surface area contributed by atoms with Gasteiger partial charge in [0.15, 0.2) is 0 Å². The van der Waals surface area contributed by atoms with Gasteiger partial charge in [-0.1, -0.05) is 29.8 Å². The maximum absolute atomic E-state index is 11.0. The number of primary amides is 1. The average Bonchev–Trinajstić information content (AvgIpc) is 2.78. The first-order valence-electron chi connectivity index (χ1n) is 4.38. The Kier molecular flexibility index (Phi) is 2.21. The zero-order chi connectivity index (χ0) is 10.3. The summed E-state index contributed by atoms with van der Waals surface area (Å²) in [4.78, 5) is 12.9. The van der Waals surface area contributed by atoms with E-state index in [0.29, 0.717) is 5.02 Å². The molecule has 1 aliphatic heterocycles. The van der Waals surface area contributed by atoms with Gasteiger partial charge in [0, 0.05) is 5.02 Å². The summed E-state index contributed by atoms with van der Waals surface area (Å²) in [5.41, 5.74) is 6.21. The quantitative estimate of drug-likeness (QED) is 0.746. The first kappa shape index (κ1) is 9.49. The Hall–Kier alpha value is -1.06. The van der Waals surface area contributed by atoms with Crippen molar-refractivity contribution in [3.05, 3.63) is 34.9 Å². The second-order valence-electron chi connectivity index (χ2n) is 3.48. The summed E-state index contributed by atoms with van der Waals surface area (Å²) >= 11 is 6.02. The normalized spacial score (nSPS) is 30.0. The Morgan fingerprint density at radius 3 is 2.64 bits per heavy atom. The molecule has 1 unspecified atom stereocenters. The number of amides is 1. The molecule has 4 heteroatoms. The van der Waals surface area contributed by atoms with Gasteiger partial charge in [0.1, 0.15) is 6.04 Å². The molecule has 1 heterocycles. The van der Waals surface area contributed by atoms with E-state index < -0.39 is 0 Å². The van der Waals surface area contributed by atoms with Crippen LogP contribution in [0.4, 0.5) is 0 Å². The summed E-state index contributed by atoms with van der Waals surface area (Å²) in [6.45, 7) is 0. The highest BCUT2D eigenvalue weighted by molar-refractivity contribution is 6.31. The molecule has 1 aromatic rings. The molecule has 1 aromatic carbocycles. The van der Waals surface area contributed by atoms with Crippen molar-refractivity contribution in [3.63, 3.8) is 0 Å². The van der Waals surface area contributed by atoms with Crippen LogP contribution in [0.15, 0.2) is 24.3 Å². The van der Waals surface area contributed by atoms with Crippen molar-refractivity contribution in [1.82, 2.24) is 4.90 Å². The van der Waals surface area contributed by atoms with E-state index in [2.05, 4.69) is 0 Å². The van der Waals surface area contributed by atoms with Crippen molar-refractivity contribution in [2.75, 3.05) is 7.05 Å². The summed E-state index contributed by atoms with van der Waals surface area (Å²) in [5.74, 6) is -0.294. The standard InChI is InChI=1S/C10H11ClN2O/c1-13-8(9(13)10(12)14)6-4-2-3-5-7(6)11/h2-5,8-9H,1H3,(H2,12,14)/t8-,9+,13?/m0/s1. The van der Waals surface area contributed by atoms with Gasteiger partial charge >= 0.3 is 0 Å². The highest BCUT2D eigenvalue weighted by atomic mass is 35.5. The highest BCUT2D eigenvalue weighted by Gasteiger charge is 2.50. The molecule has 0 aromatic heterocycles. The van der Waals surface area contributed by atoms with E-state index in [1.807, 2.05) is 36.2 Å². The third-order valence-electron chi connectivity index (χ3n) is 2.60. The lowest BCUT2D eigenvalue weighted by Gasteiger charge is -2.00. The largest absolute Gasteiger partial charge is 0.368 e. The van der Waals surface area contributed by atoms with Gasteiger partial charge in [-0.25, -0.2) is 0 Å². The van der Waals surface area contributed by atoms with E-state index in [1.54, 1.807) is 0 Å². The lowest BCUT2D eigenvalue weighted by molar-refractivity contribution is -0.118. The number of nitrogens with zero attached hydrogens (tertiary/aromatic N) is 1. The van der Waals surface area contributed by atoms with Gasteiger partial charge in [-0.3, -0.25) is 9.69 Å². The van der Waals surface area contributed by atoms with Crippen molar-refractivity contribution >= 4 is 17.5 Å². The molecule has 74 valence electrons. The minimum Gasteiger partial charge on any atom is -0.368 e. The number of halogens is 1. The predicted octanol–water partition coefficient (Wildman–Crippen LogP) is 1.18. The van der Waals surface area contributed by atoms with E-state index in [4.69, 9.17) is 17.3 Å². The van der Waals surface area contributed by atoms with Crippen LogP contribution in [0.2, 0.25) is 5.02 Å². The summed E-state index contributed by atoms with van der Waals surface area (Å²) in [6.07, 6.45) is 0. The van der Waals surface area contributed by atoms with Crippen LogP contribution in [0.3, 0.4) is 0 Å². The second-order valence-corrected chi connectivity index (χ2v) is 3.89. The van der Waals surface area contributed by atoms with E-state index in [1.165, 1.54) is 0 Å². The number of carbonyl (C=O) groups is 1. The summed E-state index contributed by atoms with van der Waals surface area (Å²) in [7, 11) is 1.86. The molecule has 1 fully saturated rings. The summed E-state index contributed by atoms with van der Waals surface area (Å²) in [5, 5.41) is 0.688. The summed E-state index contributed by atoms with van der Waals surface area (Å²) in [6, 6.07) is 7.38. The third-order valence-corrected chi connectivity index (χ3v) is 2.95. The van der Waals surface area contributed by atoms with Crippen LogP contribution in [0, 0.1) is 0 Å². The van der Waals surface area contributed by atoms with Crippen molar-refractivity contribution in [3.8, 4) is 0 Å². The number of rotatable bonds is 2. The number of likely N-dealkylation sites (N-methyl/N-ethyl adjacent to an activating group) is 1. The van der Waals surface area contributed by atoms with Gasteiger partial charge < -0.3 is 5.73 Å². The molecule has 3 nitrogen and oxygen atoms in total. The zero-order valence-electron chi connectivity index (χ0n) is 7.77. The molecule has 0 spiro atoms. The second kappa shape index (κ2) is 3.26. The van der Waals surface area contributed by atoms with Crippen molar-refractivity contribution in [2.45, 2.75) is 12.1 Å².